The summed E-state index contributed by atoms with van der Waals surface area (Å²) < 4.78 is 0.728. The summed E-state index contributed by atoms with van der Waals surface area (Å²) in [6.07, 6.45) is 1.64. The molecular formula is C5H7ClN2S. The van der Waals surface area contributed by atoms with Crippen LogP contribution in [0.4, 0.5) is 5.13 Å². The molecule has 2 nitrogen and oxygen atoms in total. The molecule has 0 amide bonds. The van der Waals surface area contributed by atoms with Crippen LogP contribution in [0.25, 0.3) is 0 Å². The number of anilines is 1. The lowest BCUT2D eigenvalue weighted by molar-refractivity contribution is 1.19. The van der Waals surface area contributed by atoms with Gasteiger partial charge in [-0.3, -0.25) is 0 Å². The van der Waals surface area contributed by atoms with Gasteiger partial charge in [0.15, 0.2) is 5.13 Å². The van der Waals surface area contributed by atoms with Crippen LogP contribution >= 0.6 is 22.9 Å². The van der Waals surface area contributed by atoms with Crippen LogP contribution < -0.4 is 5.32 Å². The summed E-state index contributed by atoms with van der Waals surface area (Å²) in [5.41, 5.74) is 0. The molecule has 9 heavy (non-hydrogen) atoms. The first-order chi connectivity index (χ1) is 4.33. The summed E-state index contributed by atoms with van der Waals surface area (Å²) in [5, 5.41) is 3.94. The van der Waals surface area contributed by atoms with E-state index in [1.165, 1.54) is 11.3 Å². The first kappa shape index (κ1) is 6.83. The molecule has 0 saturated heterocycles. The van der Waals surface area contributed by atoms with E-state index in [-0.39, 0.29) is 0 Å². The molecule has 50 valence electrons. The Morgan fingerprint density at radius 3 is 3.11 bits per heavy atom. The van der Waals surface area contributed by atoms with Crippen molar-refractivity contribution in [1.82, 2.24) is 4.98 Å². The van der Waals surface area contributed by atoms with Crippen LogP contribution in [0.15, 0.2) is 6.20 Å². The van der Waals surface area contributed by atoms with E-state index in [4.69, 9.17) is 11.6 Å². The molecule has 1 rings (SSSR count). The highest BCUT2D eigenvalue weighted by Crippen LogP contribution is 2.21. The summed E-state index contributed by atoms with van der Waals surface area (Å²) in [7, 11) is 0. The van der Waals surface area contributed by atoms with E-state index < -0.39 is 0 Å². The van der Waals surface area contributed by atoms with Gasteiger partial charge in [0.1, 0.15) is 4.34 Å². The molecule has 0 unspecified atom stereocenters. The molecule has 0 saturated carbocycles. The van der Waals surface area contributed by atoms with E-state index in [2.05, 4.69) is 10.3 Å². The molecule has 0 aliphatic rings. The topological polar surface area (TPSA) is 24.9 Å². The van der Waals surface area contributed by atoms with Gasteiger partial charge in [-0.05, 0) is 6.92 Å². The minimum Gasteiger partial charge on any atom is -0.362 e. The largest absolute Gasteiger partial charge is 0.362 e. The predicted octanol–water partition coefficient (Wildman–Crippen LogP) is 2.23. The molecule has 0 aliphatic heterocycles. The van der Waals surface area contributed by atoms with Gasteiger partial charge in [0.2, 0.25) is 0 Å². The second-order valence-electron chi connectivity index (χ2n) is 1.50. The molecule has 0 aromatic carbocycles. The average Bonchev–Trinajstić information content (AvgIpc) is 2.17. The van der Waals surface area contributed by atoms with E-state index in [0.717, 1.165) is 16.0 Å². The molecule has 1 N–H and O–H groups in total. The molecule has 0 aliphatic carbocycles. The number of thiazole rings is 1. The smallest absolute Gasteiger partial charge is 0.184 e. The Morgan fingerprint density at radius 2 is 2.67 bits per heavy atom. The van der Waals surface area contributed by atoms with Crippen molar-refractivity contribution >= 4 is 28.1 Å². The number of hydrogen-bond donors (Lipinski definition) is 1. The van der Waals surface area contributed by atoms with E-state index in [9.17, 15) is 0 Å². The van der Waals surface area contributed by atoms with Crippen molar-refractivity contribution in [2.75, 3.05) is 11.9 Å². The molecular weight excluding hydrogens is 156 g/mol. The van der Waals surface area contributed by atoms with Gasteiger partial charge in [0.05, 0.1) is 6.20 Å². The van der Waals surface area contributed by atoms with E-state index in [0.29, 0.717) is 0 Å². The monoisotopic (exact) mass is 162 g/mol. The van der Waals surface area contributed by atoms with E-state index >= 15 is 0 Å². The fourth-order valence-electron chi connectivity index (χ4n) is 0.487. The van der Waals surface area contributed by atoms with Crippen LogP contribution in [0.2, 0.25) is 4.34 Å². The van der Waals surface area contributed by atoms with Crippen molar-refractivity contribution < 1.29 is 0 Å². The number of halogens is 1. The van der Waals surface area contributed by atoms with Gasteiger partial charge in [-0.2, -0.15) is 0 Å². The molecule has 1 heterocycles. The van der Waals surface area contributed by atoms with Crippen LogP contribution in [0, 0.1) is 0 Å². The van der Waals surface area contributed by atoms with Crippen molar-refractivity contribution in [2.45, 2.75) is 6.92 Å². The number of hydrogen-bond acceptors (Lipinski definition) is 3. The highest BCUT2D eigenvalue weighted by Gasteiger charge is 1.94. The van der Waals surface area contributed by atoms with Gasteiger partial charge >= 0.3 is 0 Å². The van der Waals surface area contributed by atoms with Gasteiger partial charge in [0, 0.05) is 6.54 Å². The van der Waals surface area contributed by atoms with Crippen molar-refractivity contribution in [2.24, 2.45) is 0 Å². The number of nitrogens with zero attached hydrogens (tertiary/aromatic N) is 1. The first-order valence-corrected chi connectivity index (χ1v) is 3.87. The highest BCUT2D eigenvalue weighted by atomic mass is 35.5. The van der Waals surface area contributed by atoms with Crippen LogP contribution in [0.5, 0.6) is 0 Å². The quantitative estimate of drug-likeness (QED) is 0.722. The summed E-state index contributed by atoms with van der Waals surface area (Å²) in [6, 6.07) is 0. The minimum absolute atomic E-state index is 0.728. The Labute approximate surface area is 62.9 Å². The van der Waals surface area contributed by atoms with E-state index in [1.807, 2.05) is 6.92 Å². The Balaban J connectivity index is 2.61. The normalized spacial score (nSPS) is 9.56. The Kier molecular flexibility index (Phi) is 2.30. The van der Waals surface area contributed by atoms with E-state index in [1.54, 1.807) is 6.20 Å². The molecule has 1 aromatic heterocycles. The fourth-order valence-corrected chi connectivity index (χ4v) is 1.37. The van der Waals surface area contributed by atoms with Crippen LogP contribution in [-0.4, -0.2) is 11.5 Å². The van der Waals surface area contributed by atoms with Crippen molar-refractivity contribution in [3.8, 4) is 0 Å². The highest BCUT2D eigenvalue weighted by molar-refractivity contribution is 7.19. The summed E-state index contributed by atoms with van der Waals surface area (Å²) in [4.78, 5) is 3.98. The maximum Gasteiger partial charge on any atom is 0.184 e. The lowest BCUT2D eigenvalue weighted by Crippen LogP contribution is -1.93. The number of nitrogens with one attached hydrogen (secondary N) is 1. The number of aromatic nitrogens is 1. The summed E-state index contributed by atoms with van der Waals surface area (Å²) >= 11 is 7.07. The first-order valence-electron chi connectivity index (χ1n) is 2.68. The third kappa shape index (κ3) is 1.84. The van der Waals surface area contributed by atoms with Gasteiger partial charge in [-0.1, -0.05) is 22.9 Å². The van der Waals surface area contributed by atoms with Gasteiger partial charge in [-0.25, -0.2) is 4.98 Å². The molecule has 0 radical (unpaired) electrons. The SMILES string of the molecule is CCNc1ncc(Cl)s1. The zero-order valence-corrected chi connectivity index (χ0v) is 6.59. The predicted molar refractivity (Wildman–Crippen MR) is 41.3 cm³/mol. The second-order valence-corrected chi connectivity index (χ2v) is 3.16. The summed E-state index contributed by atoms with van der Waals surface area (Å²) in [5.74, 6) is 0. The zero-order chi connectivity index (χ0) is 6.69. The third-order valence-corrected chi connectivity index (χ3v) is 1.88. The molecule has 0 bridgehead atoms. The molecule has 1 aromatic rings. The van der Waals surface area contributed by atoms with Crippen molar-refractivity contribution in [3.63, 3.8) is 0 Å². The van der Waals surface area contributed by atoms with Crippen LogP contribution in [-0.2, 0) is 0 Å². The standard InChI is InChI=1S/C5H7ClN2S/c1-2-7-5-8-3-4(6)9-5/h3H,2H2,1H3,(H,7,8). The number of rotatable bonds is 2. The van der Waals surface area contributed by atoms with Crippen molar-refractivity contribution in [1.29, 1.82) is 0 Å². The fraction of sp³-hybridized carbons (Fsp3) is 0.400. The minimum atomic E-state index is 0.728. The Hall–Kier alpha value is -0.280. The second kappa shape index (κ2) is 3.03. The van der Waals surface area contributed by atoms with Crippen LogP contribution in [0.3, 0.4) is 0 Å². The molecule has 0 atom stereocenters. The molecule has 0 fully saturated rings. The van der Waals surface area contributed by atoms with Gasteiger partial charge < -0.3 is 5.32 Å². The molecule has 0 spiro atoms. The summed E-state index contributed by atoms with van der Waals surface area (Å²) in [6.45, 7) is 2.92. The average molecular weight is 163 g/mol. The Morgan fingerprint density at radius 1 is 1.89 bits per heavy atom. The lowest BCUT2D eigenvalue weighted by atomic mass is 10.8. The van der Waals surface area contributed by atoms with Crippen molar-refractivity contribution in [3.05, 3.63) is 10.5 Å². The van der Waals surface area contributed by atoms with Crippen LogP contribution in [0.1, 0.15) is 6.92 Å². The zero-order valence-electron chi connectivity index (χ0n) is 5.02. The third-order valence-electron chi connectivity index (χ3n) is 0.805. The lowest BCUT2D eigenvalue weighted by Gasteiger charge is -1.91. The maximum atomic E-state index is 5.61. The molecule has 4 heteroatoms. The Bertz CT molecular complexity index is 187. The maximum absolute atomic E-state index is 5.61. The van der Waals surface area contributed by atoms with Gasteiger partial charge in [0.25, 0.3) is 0 Å². The van der Waals surface area contributed by atoms with Gasteiger partial charge in [-0.15, -0.1) is 0 Å².